The topological polar surface area (TPSA) is 44.2 Å². The summed E-state index contributed by atoms with van der Waals surface area (Å²) in [4.78, 5) is 8.08. The molecule has 1 aliphatic rings. The standard InChI is InChI=1S/C13H13N2O2/c1-16-13-11(17-7-9-2-3-9)5-4-10-6-14-8-15-12(10)13/h4-5,8-9H,2-3,7H2,1H3. The Labute approximate surface area is 99.6 Å². The minimum atomic E-state index is 0.668. The van der Waals surface area contributed by atoms with E-state index in [1.54, 1.807) is 7.11 Å². The lowest BCUT2D eigenvalue weighted by atomic mass is 10.2. The summed E-state index contributed by atoms with van der Waals surface area (Å²) in [7, 11) is 1.63. The molecule has 0 N–H and O–H groups in total. The highest BCUT2D eigenvalue weighted by atomic mass is 16.5. The van der Waals surface area contributed by atoms with E-state index in [2.05, 4.69) is 16.2 Å². The first-order valence-corrected chi connectivity index (χ1v) is 5.70. The van der Waals surface area contributed by atoms with Gasteiger partial charge in [-0.05, 0) is 30.9 Å². The fourth-order valence-corrected chi connectivity index (χ4v) is 1.76. The molecule has 0 atom stereocenters. The van der Waals surface area contributed by atoms with Crippen molar-refractivity contribution in [3.8, 4) is 11.5 Å². The summed E-state index contributed by atoms with van der Waals surface area (Å²) in [6.07, 6.45) is 6.89. The van der Waals surface area contributed by atoms with E-state index in [1.165, 1.54) is 19.2 Å². The van der Waals surface area contributed by atoms with E-state index in [9.17, 15) is 0 Å². The highest BCUT2D eigenvalue weighted by molar-refractivity contribution is 5.85. The van der Waals surface area contributed by atoms with Crippen molar-refractivity contribution in [3.05, 3.63) is 24.7 Å². The maximum atomic E-state index is 5.76. The van der Waals surface area contributed by atoms with Crippen molar-refractivity contribution < 1.29 is 9.47 Å². The molecule has 1 aromatic heterocycles. The van der Waals surface area contributed by atoms with Gasteiger partial charge in [-0.2, -0.15) is 0 Å². The van der Waals surface area contributed by atoms with Gasteiger partial charge >= 0.3 is 0 Å². The molecule has 87 valence electrons. The molecule has 4 heteroatoms. The fraction of sp³-hybridized carbons (Fsp3) is 0.385. The van der Waals surface area contributed by atoms with Crippen molar-refractivity contribution in [2.24, 2.45) is 5.92 Å². The first-order valence-electron chi connectivity index (χ1n) is 5.70. The average molecular weight is 229 g/mol. The van der Waals surface area contributed by atoms with Gasteiger partial charge in [0, 0.05) is 5.39 Å². The molecule has 2 aromatic rings. The largest absolute Gasteiger partial charge is 0.491 e. The van der Waals surface area contributed by atoms with Gasteiger partial charge in [0.05, 0.1) is 13.7 Å². The van der Waals surface area contributed by atoms with Crippen LogP contribution in [-0.4, -0.2) is 23.7 Å². The Hall–Kier alpha value is -1.84. The number of hydrogen-bond donors (Lipinski definition) is 0. The van der Waals surface area contributed by atoms with Crippen LogP contribution in [0.1, 0.15) is 12.8 Å². The minimum Gasteiger partial charge on any atom is -0.491 e. The number of ether oxygens (including phenoxy) is 2. The highest BCUT2D eigenvalue weighted by Gasteiger charge is 2.23. The monoisotopic (exact) mass is 229 g/mol. The van der Waals surface area contributed by atoms with Gasteiger partial charge in [-0.3, -0.25) is 0 Å². The summed E-state index contributed by atoms with van der Waals surface area (Å²) in [5, 5.41) is 0.836. The molecule has 0 unspecified atom stereocenters. The van der Waals surface area contributed by atoms with E-state index in [0.717, 1.165) is 23.3 Å². The van der Waals surface area contributed by atoms with Crippen LogP contribution in [0.25, 0.3) is 10.9 Å². The number of fused-ring (bicyclic) bond motifs is 1. The second kappa shape index (κ2) is 4.20. The molecular formula is C13H13N2O2. The van der Waals surface area contributed by atoms with Crippen LogP contribution in [-0.2, 0) is 0 Å². The van der Waals surface area contributed by atoms with Gasteiger partial charge in [0.25, 0.3) is 0 Å². The van der Waals surface area contributed by atoms with Gasteiger partial charge in [0.15, 0.2) is 11.5 Å². The molecule has 0 amide bonds. The zero-order valence-corrected chi connectivity index (χ0v) is 9.64. The van der Waals surface area contributed by atoms with E-state index in [4.69, 9.17) is 9.47 Å². The molecule has 0 bridgehead atoms. The SMILES string of the molecule is COc1c(OCC2CC2)ccc2[c]ncnc12. The maximum Gasteiger partial charge on any atom is 0.187 e. The molecule has 4 nitrogen and oxygen atoms in total. The molecule has 1 aliphatic carbocycles. The summed E-state index contributed by atoms with van der Waals surface area (Å²) in [5.41, 5.74) is 0.746. The van der Waals surface area contributed by atoms with Crippen LogP contribution in [0.4, 0.5) is 0 Å². The summed E-state index contributed by atoms with van der Waals surface area (Å²) in [6, 6.07) is 3.80. The van der Waals surface area contributed by atoms with Crippen LogP contribution >= 0.6 is 0 Å². The fourth-order valence-electron chi connectivity index (χ4n) is 1.76. The average Bonchev–Trinajstić information content (AvgIpc) is 3.19. The molecule has 1 fully saturated rings. The molecule has 0 aliphatic heterocycles. The van der Waals surface area contributed by atoms with Crippen LogP contribution in [0.5, 0.6) is 11.5 Å². The van der Waals surface area contributed by atoms with E-state index in [0.29, 0.717) is 11.7 Å². The van der Waals surface area contributed by atoms with Gasteiger partial charge in [0.2, 0.25) is 0 Å². The van der Waals surface area contributed by atoms with Crippen LogP contribution in [0, 0.1) is 12.1 Å². The lowest BCUT2D eigenvalue weighted by Crippen LogP contribution is -2.01. The Morgan fingerprint density at radius 1 is 1.41 bits per heavy atom. The Morgan fingerprint density at radius 3 is 3.06 bits per heavy atom. The number of aromatic nitrogens is 2. The molecular weight excluding hydrogens is 216 g/mol. The third-order valence-corrected chi connectivity index (χ3v) is 2.90. The lowest BCUT2D eigenvalue weighted by molar-refractivity contribution is 0.281. The summed E-state index contributed by atoms with van der Waals surface area (Å²) in [6.45, 7) is 0.761. The molecule has 1 saturated carbocycles. The normalized spacial score (nSPS) is 14.9. The second-order valence-corrected chi connectivity index (χ2v) is 4.23. The van der Waals surface area contributed by atoms with Crippen molar-refractivity contribution >= 4 is 10.9 Å². The summed E-state index contributed by atoms with van der Waals surface area (Å²) >= 11 is 0. The first kappa shape index (κ1) is 10.3. The van der Waals surface area contributed by atoms with E-state index in [-0.39, 0.29) is 0 Å². The molecule has 1 radical (unpaired) electrons. The van der Waals surface area contributed by atoms with Gasteiger partial charge in [-0.1, -0.05) is 0 Å². The molecule has 1 heterocycles. The highest BCUT2D eigenvalue weighted by Crippen LogP contribution is 2.36. The van der Waals surface area contributed by atoms with Crippen LogP contribution in [0.3, 0.4) is 0 Å². The van der Waals surface area contributed by atoms with E-state index in [1.807, 2.05) is 12.1 Å². The number of hydrogen-bond acceptors (Lipinski definition) is 4. The molecule has 3 rings (SSSR count). The van der Waals surface area contributed by atoms with Crippen molar-refractivity contribution in [2.75, 3.05) is 13.7 Å². The smallest absolute Gasteiger partial charge is 0.187 e. The van der Waals surface area contributed by atoms with Crippen LogP contribution in [0.15, 0.2) is 18.5 Å². The van der Waals surface area contributed by atoms with Crippen LogP contribution < -0.4 is 9.47 Å². The lowest BCUT2D eigenvalue weighted by Gasteiger charge is -2.11. The predicted octanol–water partition coefficient (Wildman–Crippen LogP) is 2.23. The van der Waals surface area contributed by atoms with Crippen LogP contribution in [0.2, 0.25) is 0 Å². The Bertz CT molecular complexity index is 538. The quantitative estimate of drug-likeness (QED) is 0.806. The Balaban J connectivity index is 1.98. The minimum absolute atomic E-state index is 0.668. The summed E-state index contributed by atoms with van der Waals surface area (Å²) < 4.78 is 11.1. The molecule has 17 heavy (non-hydrogen) atoms. The third-order valence-electron chi connectivity index (χ3n) is 2.90. The summed E-state index contributed by atoms with van der Waals surface area (Å²) in [5.74, 6) is 2.13. The number of rotatable bonds is 4. The Kier molecular flexibility index (Phi) is 2.55. The van der Waals surface area contributed by atoms with Gasteiger partial charge in [-0.25, -0.2) is 9.97 Å². The van der Waals surface area contributed by atoms with Crippen molar-refractivity contribution in [1.29, 1.82) is 0 Å². The Morgan fingerprint density at radius 2 is 2.29 bits per heavy atom. The predicted molar refractivity (Wildman–Crippen MR) is 63.1 cm³/mol. The van der Waals surface area contributed by atoms with Crippen molar-refractivity contribution in [3.63, 3.8) is 0 Å². The van der Waals surface area contributed by atoms with E-state index < -0.39 is 0 Å². The zero-order chi connectivity index (χ0) is 11.7. The second-order valence-electron chi connectivity index (χ2n) is 4.23. The van der Waals surface area contributed by atoms with Gasteiger partial charge < -0.3 is 9.47 Å². The first-order chi connectivity index (χ1) is 8.38. The number of benzene rings is 1. The molecule has 1 aromatic carbocycles. The van der Waals surface area contributed by atoms with Crippen molar-refractivity contribution in [2.45, 2.75) is 12.8 Å². The van der Waals surface area contributed by atoms with Crippen molar-refractivity contribution in [1.82, 2.24) is 9.97 Å². The number of methoxy groups -OCH3 is 1. The van der Waals surface area contributed by atoms with Gasteiger partial charge in [0.1, 0.15) is 18.0 Å². The molecule has 0 spiro atoms. The maximum absolute atomic E-state index is 5.76. The van der Waals surface area contributed by atoms with E-state index >= 15 is 0 Å². The van der Waals surface area contributed by atoms with Gasteiger partial charge in [-0.15, -0.1) is 0 Å². The molecule has 0 saturated heterocycles. The number of nitrogens with zero attached hydrogens (tertiary/aromatic N) is 2. The zero-order valence-electron chi connectivity index (χ0n) is 9.64. The third kappa shape index (κ3) is 2.02.